The molecule has 2 aliphatic heterocycles. The number of nitrogens with one attached hydrogen (secondary N) is 1. The molecule has 2 amide bonds. The average Bonchev–Trinajstić information content (AvgIpc) is 3.05. The molecule has 0 spiro atoms. The first-order valence-corrected chi connectivity index (χ1v) is 11.1. The number of methoxy groups -OCH3 is 1. The highest BCUT2D eigenvalue weighted by Gasteiger charge is 2.41. The van der Waals surface area contributed by atoms with Gasteiger partial charge in [-0.25, -0.2) is 4.99 Å². The number of aliphatic imine (C=N–C) groups is 1. The molecule has 0 bridgehead atoms. The molecule has 0 unspecified atom stereocenters. The largest absolute Gasteiger partial charge is 0.495 e. The number of benzene rings is 2. The van der Waals surface area contributed by atoms with Crippen LogP contribution < -0.4 is 15.0 Å². The SMILES string of the molecule is COc1cc(N2CN=C3S[C@H](CC(=O)Nc4ccc(C)cc4C)C(=O)N3C2)ccc1Cl. The van der Waals surface area contributed by atoms with Crippen LogP contribution in [0.15, 0.2) is 41.4 Å². The Morgan fingerprint density at radius 1 is 1.29 bits per heavy atom. The summed E-state index contributed by atoms with van der Waals surface area (Å²) in [6.45, 7) is 4.74. The van der Waals surface area contributed by atoms with E-state index in [-0.39, 0.29) is 18.2 Å². The van der Waals surface area contributed by atoms with Crippen LogP contribution in [0.25, 0.3) is 0 Å². The number of nitrogens with zero attached hydrogens (tertiary/aromatic N) is 3. The highest BCUT2D eigenvalue weighted by Crippen LogP contribution is 2.35. The monoisotopic (exact) mass is 458 g/mol. The summed E-state index contributed by atoms with van der Waals surface area (Å²) >= 11 is 7.46. The fourth-order valence-corrected chi connectivity index (χ4v) is 4.90. The number of thioether (sulfide) groups is 1. The lowest BCUT2D eigenvalue weighted by Gasteiger charge is -2.32. The predicted octanol–water partition coefficient (Wildman–Crippen LogP) is 4.03. The van der Waals surface area contributed by atoms with Crippen LogP contribution in [-0.2, 0) is 9.59 Å². The van der Waals surface area contributed by atoms with Crippen LogP contribution in [0.2, 0.25) is 5.02 Å². The molecule has 9 heteroatoms. The molecule has 2 aromatic rings. The van der Waals surface area contributed by atoms with Gasteiger partial charge in [-0.15, -0.1) is 0 Å². The van der Waals surface area contributed by atoms with Crippen molar-refractivity contribution in [3.8, 4) is 5.75 Å². The number of hydrogen-bond donors (Lipinski definition) is 1. The topological polar surface area (TPSA) is 74.2 Å². The van der Waals surface area contributed by atoms with Gasteiger partial charge < -0.3 is 15.0 Å². The van der Waals surface area contributed by atoms with E-state index in [0.29, 0.717) is 29.3 Å². The maximum atomic E-state index is 13.0. The van der Waals surface area contributed by atoms with E-state index < -0.39 is 5.25 Å². The normalized spacial score (nSPS) is 18.0. The first-order chi connectivity index (χ1) is 14.9. The van der Waals surface area contributed by atoms with E-state index in [1.54, 1.807) is 18.1 Å². The Labute approximate surface area is 190 Å². The average molecular weight is 459 g/mol. The molecule has 0 saturated carbocycles. The second-order valence-electron chi connectivity index (χ2n) is 7.53. The number of aryl methyl sites for hydroxylation is 2. The summed E-state index contributed by atoms with van der Waals surface area (Å²) in [6, 6.07) is 11.3. The van der Waals surface area contributed by atoms with Crippen molar-refractivity contribution in [1.29, 1.82) is 0 Å². The van der Waals surface area contributed by atoms with Crippen LogP contribution >= 0.6 is 23.4 Å². The van der Waals surface area contributed by atoms with Gasteiger partial charge in [0.05, 0.1) is 12.1 Å². The van der Waals surface area contributed by atoms with Crippen molar-refractivity contribution < 1.29 is 14.3 Å². The van der Waals surface area contributed by atoms with Crippen molar-refractivity contribution in [1.82, 2.24) is 4.90 Å². The first kappa shape index (κ1) is 21.5. The lowest BCUT2D eigenvalue weighted by atomic mass is 10.1. The zero-order valence-electron chi connectivity index (χ0n) is 17.5. The Morgan fingerprint density at radius 2 is 2.10 bits per heavy atom. The lowest BCUT2D eigenvalue weighted by molar-refractivity contribution is -0.128. The number of halogens is 1. The number of amides is 2. The van der Waals surface area contributed by atoms with E-state index in [4.69, 9.17) is 16.3 Å². The minimum Gasteiger partial charge on any atom is -0.495 e. The van der Waals surface area contributed by atoms with Gasteiger partial charge in [0.1, 0.15) is 24.3 Å². The molecule has 7 nitrogen and oxygen atoms in total. The van der Waals surface area contributed by atoms with Crippen molar-refractivity contribution >= 4 is 51.7 Å². The highest BCUT2D eigenvalue weighted by molar-refractivity contribution is 8.15. The third kappa shape index (κ3) is 4.50. The number of carbonyl (C=O) groups excluding carboxylic acids is 2. The Balaban J connectivity index is 1.41. The van der Waals surface area contributed by atoms with Gasteiger partial charge in [-0.3, -0.25) is 14.5 Å². The summed E-state index contributed by atoms with van der Waals surface area (Å²) in [6.07, 6.45) is 0.0983. The van der Waals surface area contributed by atoms with Crippen LogP contribution in [0.5, 0.6) is 5.75 Å². The van der Waals surface area contributed by atoms with Gasteiger partial charge >= 0.3 is 0 Å². The van der Waals surface area contributed by atoms with E-state index in [0.717, 1.165) is 22.5 Å². The second-order valence-corrected chi connectivity index (χ2v) is 9.10. The van der Waals surface area contributed by atoms with Crippen molar-refractivity contribution in [3.05, 3.63) is 52.5 Å². The van der Waals surface area contributed by atoms with E-state index in [2.05, 4.69) is 10.3 Å². The van der Waals surface area contributed by atoms with Crippen molar-refractivity contribution in [3.63, 3.8) is 0 Å². The fourth-order valence-electron chi connectivity index (χ4n) is 3.58. The molecule has 0 aromatic heterocycles. The van der Waals surface area contributed by atoms with Gasteiger partial charge in [0.15, 0.2) is 5.17 Å². The van der Waals surface area contributed by atoms with Gasteiger partial charge in [0.2, 0.25) is 11.8 Å². The maximum Gasteiger partial charge on any atom is 0.244 e. The summed E-state index contributed by atoms with van der Waals surface area (Å²) in [7, 11) is 1.56. The van der Waals surface area contributed by atoms with Crippen molar-refractivity contribution in [2.75, 3.05) is 30.7 Å². The number of fused-ring (bicyclic) bond motifs is 1. The van der Waals surface area contributed by atoms with Gasteiger partial charge in [0.25, 0.3) is 0 Å². The molecule has 1 atom stereocenters. The zero-order chi connectivity index (χ0) is 22.1. The molecule has 31 heavy (non-hydrogen) atoms. The predicted molar refractivity (Wildman–Crippen MR) is 125 cm³/mol. The van der Waals surface area contributed by atoms with Gasteiger partial charge in [-0.05, 0) is 37.6 Å². The molecular formula is C22H23ClN4O3S. The van der Waals surface area contributed by atoms with Crippen LogP contribution in [0, 0.1) is 13.8 Å². The molecule has 0 radical (unpaired) electrons. The Hall–Kier alpha value is -2.71. The van der Waals surface area contributed by atoms with Crippen LogP contribution in [0.3, 0.4) is 0 Å². The summed E-state index contributed by atoms with van der Waals surface area (Å²) in [5.41, 5.74) is 3.76. The van der Waals surface area contributed by atoms with Gasteiger partial charge in [0, 0.05) is 23.9 Å². The summed E-state index contributed by atoms with van der Waals surface area (Å²) < 4.78 is 5.29. The molecule has 2 aromatic carbocycles. The Bertz CT molecular complexity index is 1070. The Morgan fingerprint density at radius 3 is 2.84 bits per heavy atom. The molecule has 1 N–H and O–H groups in total. The zero-order valence-corrected chi connectivity index (χ0v) is 19.1. The second kappa shape index (κ2) is 8.80. The third-order valence-electron chi connectivity index (χ3n) is 5.24. The maximum absolute atomic E-state index is 13.0. The number of anilines is 2. The standard InChI is InChI=1S/C22H23ClN4O3S/c1-13-4-7-17(14(2)8-13)25-20(28)10-19-21(29)27-12-26(11-24-22(27)31-19)15-5-6-16(23)18(9-15)30-3/h4-9,19H,10-12H2,1-3H3,(H,25,28)/t19-/m1/s1. The van der Waals surface area contributed by atoms with Crippen LogP contribution in [0.1, 0.15) is 17.5 Å². The van der Waals surface area contributed by atoms with Crippen LogP contribution in [0.4, 0.5) is 11.4 Å². The number of amidine groups is 1. The first-order valence-electron chi connectivity index (χ1n) is 9.84. The molecule has 0 aliphatic carbocycles. The molecule has 4 rings (SSSR count). The van der Waals surface area contributed by atoms with E-state index >= 15 is 0 Å². The quantitative estimate of drug-likeness (QED) is 0.732. The van der Waals surface area contributed by atoms with Crippen molar-refractivity contribution in [2.24, 2.45) is 4.99 Å². The number of hydrogen-bond acceptors (Lipinski definition) is 6. The number of ether oxygens (including phenoxy) is 1. The van der Waals surface area contributed by atoms with Crippen LogP contribution in [-0.4, -0.2) is 47.6 Å². The minimum atomic E-state index is -0.482. The minimum absolute atomic E-state index is 0.0983. The molecule has 162 valence electrons. The summed E-state index contributed by atoms with van der Waals surface area (Å²) in [4.78, 5) is 33.7. The van der Waals surface area contributed by atoms with E-state index in [9.17, 15) is 9.59 Å². The smallest absolute Gasteiger partial charge is 0.244 e. The number of carbonyl (C=O) groups is 2. The lowest BCUT2D eigenvalue weighted by Crippen LogP contribution is -2.46. The Kier molecular flexibility index (Phi) is 6.11. The summed E-state index contributed by atoms with van der Waals surface area (Å²) in [5, 5.41) is 3.62. The number of rotatable bonds is 5. The molecule has 1 saturated heterocycles. The molecule has 1 fully saturated rings. The van der Waals surface area contributed by atoms with E-state index in [1.165, 1.54) is 11.8 Å². The summed E-state index contributed by atoms with van der Waals surface area (Å²) in [5.74, 6) is 0.278. The molecule has 2 heterocycles. The molecule has 2 aliphatic rings. The third-order valence-corrected chi connectivity index (χ3v) is 6.76. The fraction of sp³-hybridized carbons (Fsp3) is 0.318. The highest BCUT2D eigenvalue weighted by atomic mass is 35.5. The van der Waals surface area contributed by atoms with E-state index in [1.807, 2.05) is 49.1 Å². The van der Waals surface area contributed by atoms with Crippen molar-refractivity contribution in [2.45, 2.75) is 25.5 Å². The molecular weight excluding hydrogens is 436 g/mol. The van der Waals surface area contributed by atoms with Gasteiger partial charge in [-0.2, -0.15) is 0 Å². The van der Waals surface area contributed by atoms with Gasteiger partial charge in [-0.1, -0.05) is 41.1 Å².